The zero-order valence-electron chi connectivity index (χ0n) is 13.8. The molecule has 0 unspecified atom stereocenters. The number of nitrogens with one attached hydrogen (secondary N) is 1. The summed E-state index contributed by atoms with van der Waals surface area (Å²) >= 11 is 0. The van der Waals surface area contributed by atoms with Crippen LogP contribution in [0.2, 0.25) is 0 Å². The molecule has 126 valence electrons. The lowest BCUT2D eigenvalue weighted by atomic mass is 10.0. The molecule has 2 aromatic rings. The summed E-state index contributed by atoms with van der Waals surface area (Å²) in [6.07, 6.45) is 9.44. The molecular weight excluding hydrogens is 304 g/mol. The van der Waals surface area contributed by atoms with Gasteiger partial charge in [0.1, 0.15) is 0 Å². The lowest BCUT2D eigenvalue weighted by Gasteiger charge is -2.30. The molecule has 3 rings (SSSR count). The number of amides is 2. The summed E-state index contributed by atoms with van der Waals surface area (Å²) in [7, 11) is 1.57. The first kappa shape index (κ1) is 16.2. The summed E-state index contributed by atoms with van der Waals surface area (Å²) < 4.78 is 5.04. The molecule has 1 fully saturated rings. The van der Waals surface area contributed by atoms with Crippen LogP contribution in [-0.2, 0) is 0 Å². The highest BCUT2D eigenvalue weighted by Gasteiger charge is 2.26. The topological polar surface area (TPSA) is 67.3 Å². The van der Waals surface area contributed by atoms with E-state index in [1.54, 1.807) is 37.8 Å². The smallest absolute Gasteiger partial charge is 0.322 e. The second-order valence-electron chi connectivity index (χ2n) is 5.86. The number of hydrogen-bond donors (Lipinski definition) is 1. The van der Waals surface area contributed by atoms with Crippen LogP contribution in [0.3, 0.4) is 0 Å². The van der Waals surface area contributed by atoms with Gasteiger partial charge in [-0.25, -0.2) is 9.78 Å². The molecule has 6 heteroatoms. The largest absolute Gasteiger partial charge is 0.481 e. The SMILES string of the molecule is COc1ccc(NC(=O)N2CCCCC[C@@H]2c2ccncc2)cn1. The van der Waals surface area contributed by atoms with Crippen molar-refractivity contribution in [2.75, 3.05) is 19.0 Å². The van der Waals surface area contributed by atoms with Crippen molar-refractivity contribution >= 4 is 11.7 Å². The van der Waals surface area contributed by atoms with Gasteiger partial charge in [-0.15, -0.1) is 0 Å². The molecule has 0 spiro atoms. The number of hydrogen-bond acceptors (Lipinski definition) is 4. The monoisotopic (exact) mass is 326 g/mol. The van der Waals surface area contributed by atoms with Crippen LogP contribution in [0.4, 0.5) is 10.5 Å². The zero-order valence-corrected chi connectivity index (χ0v) is 13.8. The lowest BCUT2D eigenvalue weighted by Crippen LogP contribution is -2.38. The molecule has 0 radical (unpaired) electrons. The number of urea groups is 1. The Morgan fingerprint density at radius 3 is 2.75 bits per heavy atom. The zero-order chi connectivity index (χ0) is 16.8. The van der Waals surface area contributed by atoms with Gasteiger partial charge in [0.15, 0.2) is 0 Å². The van der Waals surface area contributed by atoms with Crippen LogP contribution in [-0.4, -0.2) is 34.6 Å². The van der Waals surface area contributed by atoms with E-state index in [0.29, 0.717) is 11.6 Å². The molecule has 0 saturated carbocycles. The van der Waals surface area contributed by atoms with Gasteiger partial charge in [-0.3, -0.25) is 4.98 Å². The van der Waals surface area contributed by atoms with Crippen LogP contribution in [0.25, 0.3) is 0 Å². The predicted molar refractivity (Wildman–Crippen MR) is 92.0 cm³/mol. The Kier molecular flexibility index (Phi) is 5.25. The van der Waals surface area contributed by atoms with Gasteiger partial charge in [-0.1, -0.05) is 12.8 Å². The lowest BCUT2D eigenvalue weighted by molar-refractivity contribution is 0.189. The second-order valence-corrected chi connectivity index (χ2v) is 5.86. The number of ether oxygens (including phenoxy) is 1. The van der Waals surface area contributed by atoms with Crippen molar-refractivity contribution < 1.29 is 9.53 Å². The highest BCUT2D eigenvalue weighted by molar-refractivity contribution is 5.89. The molecule has 0 aliphatic carbocycles. The van der Waals surface area contributed by atoms with Gasteiger partial charge in [-0.05, 0) is 36.6 Å². The van der Waals surface area contributed by atoms with E-state index in [0.717, 1.165) is 37.8 Å². The van der Waals surface area contributed by atoms with E-state index in [2.05, 4.69) is 15.3 Å². The highest BCUT2D eigenvalue weighted by atomic mass is 16.5. The van der Waals surface area contributed by atoms with Crippen LogP contribution in [0.5, 0.6) is 5.88 Å². The van der Waals surface area contributed by atoms with Crippen LogP contribution < -0.4 is 10.1 Å². The number of methoxy groups -OCH3 is 1. The van der Waals surface area contributed by atoms with Gasteiger partial charge in [0.2, 0.25) is 5.88 Å². The first-order valence-corrected chi connectivity index (χ1v) is 8.25. The minimum absolute atomic E-state index is 0.0849. The number of aromatic nitrogens is 2. The number of carbonyl (C=O) groups is 1. The Labute approximate surface area is 141 Å². The van der Waals surface area contributed by atoms with E-state index in [9.17, 15) is 4.79 Å². The van der Waals surface area contributed by atoms with E-state index in [1.807, 2.05) is 17.0 Å². The summed E-state index contributed by atoms with van der Waals surface area (Å²) in [6.45, 7) is 0.752. The number of likely N-dealkylation sites (tertiary alicyclic amines) is 1. The highest BCUT2D eigenvalue weighted by Crippen LogP contribution is 2.30. The van der Waals surface area contributed by atoms with Crippen molar-refractivity contribution in [1.29, 1.82) is 0 Å². The molecule has 24 heavy (non-hydrogen) atoms. The van der Waals surface area contributed by atoms with Gasteiger partial charge in [0.25, 0.3) is 0 Å². The molecule has 0 aromatic carbocycles. The fourth-order valence-electron chi connectivity index (χ4n) is 3.05. The standard InChI is InChI=1S/C18H22N4O2/c1-24-17-7-6-15(13-20-17)21-18(23)22-12-4-2-3-5-16(22)14-8-10-19-11-9-14/h6-11,13,16H,2-5,12H2,1H3,(H,21,23)/t16-/m1/s1. The third kappa shape index (κ3) is 3.82. The number of carbonyl (C=O) groups excluding carboxylic acids is 1. The maximum absolute atomic E-state index is 12.8. The molecule has 3 heterocycles. The van der Waals surface area contributed by atoms with E-state index in [-0.39, 0.29) is 12.1 Å². The average Bonchev–Trinajstić information content (AvgIpc) is 2.89. The van der Waals surface area contributed by atoms with Crippen molar-refractivity contribution in [2.45, 2.75) is 31.7 Å². The molecule has 0 bridgehead atoms. The van der Waals surface area contributed by atoms with Crippen molar-refractivity contribution in [3.8, 4) is 5.88 Å². The number of rotatable bonds is 3. The molecule has 1 saturated heterocycles. The normalized spacial score (nSPS) is 17.9. The maximum Gasteiger partial charge on any atom is 0.322 e. The van der Waals surface area contributed by atoms with E-state index >= 15 is 0 Å². The van der Waals surface area contributed by atoms with Gasteiger partial charge in [0.05, 0.1) is 25.0 Å². The summed E-state index contributed by atoms with van der Waals surface area (Å²) in [5, 5.41) is 2.94. The van der Waals surface area contributed by atoms with Crippen molar-refractivity contribution in [2.24, 2.45) is 0 Å². The Morgan fingerprint density at radius 1 is 1.21 bits per heavy atom. The molecule has 1 atom stereocenters. The molecule has 1 N–H and O–H groups in total. The van der Waals surface area contributed by atoms with Crippen LogP contribution in [0.15, 0.2) is 42.9 Å². The van der Waals surface area contributed by atoms with E-state index < -0.39 is 0 Å². The van der Waals surface area contributed by atoms with Crippen LogP contribution >= 0.6 is 0 Å². The fourth-order valence-corrected chi connectivity index (χ4v) is 3.05. The Hall–Kier alpha value is -2.63. The molecule has 2 amide bonds. The summed E-state index contributed by atoms with van der Waals surface area (Å²) in [6, 6.07) is 7.50. The quantitative estimate of drug-likeness (QED) is 0.935. The molecular formula is C18H22N4O2. The fraction of sp³-hybridized carbons (Fsp3) is 0.389. The number of pyridine rings is 2. The Balaban J connectivity index is 1.76. The number of nitrogens with zero attached hydrogens (tertiary/aromatic N) is 3. The summed E-state index contributed by atoms with van der Waals surface area (Å²) in [5.74, 6) is 0.525. The summed E-state index contributed by atoms with van der Waals surface area (Å²) in [4.78, 5) is 22.9. The van der Waals surface area contributed by atoms with Crippen LogP contribution in [0.1, 0.15) is 37.3 Å². The van der Waals surface area contributed by atoms with Gasteiger partial charge < -0.3 is 15.0 Å². The minimum Gasteiger partial charge on any atom is -0.481 e. The van der Waals surface area contributed by atoms with Crippen molar-refractivity contribution in [3.63, 3.8) is 0 Å². The van der Waals surface area contributed by atoms with Crippen molar-refractivity contribution in [1.82, 2.24) is 14.9 Å². The van der Waals surface area contributed by atoms with Gasteiger partial charge >= 0.3 is 6.03 Å². The Morgan fingerprint density at radius 2 is 2.04 bits per heavy atom. The van der Waals surface area contributed by atoms with E-state index in [1.165, 1.54) is 0 Å². The van der Waals surface area contributed by atoms with Gasteiger partial charge in [-0.2, -0.15) is 0 Å². The Bertz CT molecular complexity index is 660. The first-order valence-electron chi connectivity index (χ1n) is 8.25. The third-order valence-electron chi connectivity index (χ3n) is 4.30. The molecule has 6 nitrogen and oxygen atoms in total. The maximum atomic E-state index is 12.8. The first-order chi connectivity index (χ1) is 11.8. The number of anilines is 1. The average molecular weight is 326 g/mol. The van der Waals surface area contributed by atoms with E-state index in [4.69, 9.17) is 4.74 Å². The second kappa shape index (κ2) is 7.77. The predicted octanol–water partition coefficient (Wildman–Crippen LogP) is 3.63. The minimum atomic E-state index is -0.0920. The molecule has 2 aromatic heterocycles. The molecule has 1 aliphatic rings. The summed E-state index contributed by atoms with van der Waals surface area (Å²) in [5.41, 5.74) is 1.80. The van der Waals surface area contributed by atoms with Gasteiger partial charge in [0, 0.05) is 25.0 Å². The van der Waals surface area contributed by atoms with Crippen LogP contribution in [0, 0.1) is 0 Å². The van der Waals surface area contributed by atoms with Crippen molar-refractivity contribution in [3.05, 3.63) is 48.4 Å². The molecule has 1 aliphatic heterocycles. The third-order valence-corrected chi connectivity index (χ3v) is 4.30.